The molecule has 0 aliphatic rings. The molecule has 0 amide bonds. The van der Waals surface area contributed by atoms with E-state index in [4.69, 9.17) is 4.55 Å². The minimum Gasteiger partial charge on any atom is -0.286 e. The van der Waals surface area contributed by atoms with Gasteiger partial charge in [0.15, 0.2) is 0 Å². The maximum absolute atomic E-state index is 10.5. The van der Waals surface area contributed by atoms with Crippen LogP contribution in [0.4, 0.5) is 0 Å². The zero-order chi connectivity index (χ0) is 10.8. The van der Waals surface area contributed by atoms with Crippen LogP contribution in [-0.4, -0.2) is 18.7 Å². The predicted molar refractivity (Wildman–Crippen MR) is 56.0 cm³/mol. The molecule has 0 unspecified atom stereocenters. The summed E-state index contributed by atoms with van der Waals surface area (Å²) in [6.45, 7) is 3.92. The van der Waals surface area contributed by atoms with Crippen molar-refractivity contribution in [1.29, 1.82) is 0 Å². The summed E-state index contributed by atoms with van der Waals surface area (Å²) < 4.78 is 29.6. The van der Waals surface area contributed by atoms with Gasteiger partial charge in [-0.05, 0) is 25.8 Å². The van der Waals surface area contributed by atoms with Crippen molar-refractivity contribution in [1.82, 2.24) is 0 Å². The highest BCUT2D eigenvalue weighted by Crippen LogP contribution is 2.09. The number of aryl methyl sites for hydroxylation is 3. The molecule has 0 aliphatic heterocycles. The lowest BCUT2D eigenvalue weighted by Gasteiger charge is -2.03. The normalized spacial score (nSPS) is 11.6. The van der Waals surface area contributed by atoms with Crippen LogP contribution in [0, 0.1) is 13.8 Å². The Morgan fingerprint density at radius 3 is 2.07 bits per heavy atom. The first-order valence-electron chi connectivity index (χ1n) is 4.39. The van der Waals surface area contributed by atoms with Crippen LogP contribution < -0.4 is 0 Å². The van der Waals surface area contributed by atoms with Crippen molar-refractivity contribution >= 4 is 10.1 Å². The second-order valence-electron chi connectivity index (χ2n) is 3.53. The van der Waals surface area contributed by atoms with Crippen LogP contribution in [0.1, 0.15) is 16.7 Å². The van der Waals surface area contributed by atoms with E-state index in [2.05, 4.69) is 0 Å². The highest BCUT2D eigenvalue weighted by Gasteiger charge is 2.05. The summed E-state index contributed by atoms with van der Waals surface area (Å²) in [5.74, 6) is -0.212. The third kappa shape index (κ3) is 3.89. The van der Waals surface area contributed by atoms with Crippen molar-refractivity contribution in [2.45, 2.75) is 20.3 Å². The molecule has 1 aromatic carbocycles. The molecule has 0 heterocycles. The van der Waals surface area contributed by atoms with Gasteiger partial charge in [-0.3, -0.25) is 4.55 Å². The summed E-state index contributed by atoms with van der Waals surface area (Å²) in [6, 6.07) is 5.88. The van der Waals surface area contributed by atoms with Crippen molar-refractivity contribution < 1.29 is 13.0 Å². The van der Waals surface area contributed by atoms with Crippen LogP contribution in [0.2, 0.25) is 0 Å². The van der Waals surface area contributed by atoms with Gasteiger partial charge in [0, 0.05) is 0 Å². The van der Waals surface area contributed by atoms with Gasteiger partial charge in [-0.1, -0.05) is 29.3 Å². The molecule has 1 aromatic rings. The Labute approximate surface area is 84.5 Å². The molecular formula is C10H14O3S. The molecule has 14 heavy (non-hydrogen) atoms. The fourth-order valence-corrected chi connectivity index (χ4v) is 1.95. The second kappa shape index (κ2) is 4.11. The molecule has 0 bridgehead atoms. The lowest BCUT2D eigenvalue weighted by Crippen LogP contribution is -2.06. The van der Waals surface area contributed by atoms with Crippen LogP contribution in [0.3, 0.4) is 0 Å². The summed E-state index contributed by atoms with van der Waals surface area (Å²) in [7, 11) is -3.85. The van der Waals surface area contributed by atoms with E-state index in [0.29, 0.717) is 6.42 Å². The van der Waals surface area contributed by atoms with Gasteiger partial charge in [-0.25, -0.2) is 0 Å². The van der Waals surface area contributed by atoms with E-state index in [9.17, 15) is 8.42 Å². The van der Waals surface area contributed by atoms with Crippen molar-refractivity contribution in [2.24, 2.45) is 0 Å². The molecule has 0 aromatic heterocycles. The standard InChI is InChI=1S/C10H14O3S/c1-8-5-9(2)7-10(6-8)3-4-14(11,12)13/h5-7H,3-4H2,1-2H3,(H,11,12,13). The van der Waals surface area contributed by atoms with Crippen LogP contribution in [0.5, 0.6) is 0 Å². The Balaban J connectivity index is 2.78. The van der Waals surface area contributed by atoms with Crippen LogP contribution in [0.15, 0.2) is 18.2 Å². The molecule has 1 rings (SSSR count). The fraction of sp³-hybridized carbons (Fsp3) is 0.400. The minimum atomic E-state index is -3.85. The summed E-state index contributed by atoms with van der Waals surface area (Å²) in [5, 5.41) is 0. The van der Waals surface area contributed by atoms with Gasteiger partial charge >= 0.3 is 0 Å². The quantitative estimate of drug-likeness (QED) is 0.780. The minimum absolute atomic E-state index is 0.212. The fourth-order valence-electron chi connectivity index (χ4n) is 1.46. The molecule has 4 heteroatoms. The summed E-state index contributed by atoms with van der Waals surface area (Å²) in [6.07, 6.45) is 0.362. The molecule has 0 atom stereocenters. The number of hydrogen-bond acceptors (Lipinski definition) is 2. The maximum Gasteiger partial charge on any atom is 0.265 e. The van der Waals surface area contributed by atoms with E-state index in [-0.39, 0.29) is 5.75 Å². The topological polar surface area (TPSA) is 54.4 Å². The Morgan fingerprint density at radius 1 is 1.14 bits per heavy atom. The first-order chi connectivity index (χ1) is 6.37. The molecule has 0 fully saturated rings. The number of rotatable bonds is 3. The smallest absolute Gasteiger partial charge is 0.265 e. The van der Waals surface area contributed by atoms with Crippen molar-refractivity contribution in [3.63, 3.8) is 0 Å². The number of benzene rings is 1. The van der Waals surface area contributed by atoms with Crippen molar-refractivity contribution in [3.8, 4) is 0 Å². The van der Waals surface area contributed by atoms with Gasteiger partial charge in [-0.15, -0.1) is 0 Å². The van der Waals surface area contributed by atoms with E-state index in [1.54, 1.807) is 0 Å². The van der Waals surface area contributed by atoms with Crippen LogP contribution in [0.25, 0.3) is 0 Å². The average Bonchev–Trinajstić information content (AvgIpc) is 1.97. The largest absolute Gasteiger partial charge is 0.286 e. The van der Waals surface area contributed by atoms with Crippen LogP contribution in [-0.2, 0) is 16.5 Å². The van der Waals surface area contributed by atoms with E-state index in [1.807, 2.05) is 32.0 Å². The molecule has 0 spiro atoms. The molecule has 0 saturated heterocycles. The summed E-state index contributed by atoms with van der Waals surface area (Å²) in [5.41, 5.74) is 3.16. The molecule has 0 radical (unpaired) electrons. The van der Waals surface area contributed by atoms with Gasteiger partial charge in [-0.2, -0.15) is 8.42 Å². The molecule has 1 N–H and O–H groups in total. The lowest BCUT2D eigenvalue weighted by atomic mass is 10.1. The molecule has 78 valence electrons. The zero-order valence-corrected chi connectivity index (χ0v) is 9.13. The van der Waals surface area contributed by atoms with Gasteiger partial charge in [0.25, 0.3) is 10.1 Å². The Bertz CT molecular complexity index is 401. The third-order valence-corrected chi connectivity index (χ3v) is 2.65. The number of hydrogen-bond donors (Lipinski definition) is 1. The van der Waals surface area contributed by atoms with Crippen LogP contribution >= 0.6 is 0 Å². The molecular weight excluding hydrogens is 200 g/mol. The maximum atomic E-state index is 10.5. The Morgan fingerprint density at radius 2 is 1.64 bits per heavy atom. The van der Waals surface area contributed by atoms with E-state index in [1.165, 1.54) is 0 Å². The summed E-state index contributed by atoms with van der Waals surface area (Å²) in [4.78, 5) is 0. The molecule has 3 nitrogen and oxygen atoms in total. The average molecular weight is 214 g/mol. The third-order valence-electron chi connectivity index (χ3n) is 1.93. The van der Waals surface area contributed by atoms with E-state index < -0.39 is 10.1 Å². The zero-order valence-electron chi connectivity index (χ0n) is 8.32. The SMILES string of the molecule is Cc1cc(C)cc(CCS(=O)(=O)O)c1. The lowest BCUT2D eigenvalue weighted by molar-refractivity contribution is 0.482. The highest BCUT2D eigenvalue weighted by molar-refractivity contribution is 7.85. The van der Waals surface area contributed by atoms with Gasteiger partial charge in [0.1, 0.15) is 0 Å². The first kappa shape index (κ1) is 11.2. The van der Waals surface area contributed by atoms with Gasteiger partial charge in [0.2, 0.25) is 0 Å². The molecule has 0 saturated carbocycles. The van der Waals surface area contributed by atoms with Crippen molar-refractivity contribution in [3.05, 3.63) is 34.9 Å². The van der Waals surface area contributed by atoms with E-state index in [0.717, 1.165) is 16.7 Å². The monoisotopic (exact) mass is 214 g/mol. The van der Waals surface area contributed by atoms with Gasteiger partial charge in [0.05, 0.1) is 5.75 Å². The van der Waals surface area contributed by atoms with Crippen molar-refractivity contribution in [2.75, 3.05) is 5.75 Å². The highest BCUT2D eigenvalue weighted by atomic mass is 32.2. The van der Waals surface area contributed by atoms with E-state index >= 15 is 0 Å². The summed E-state index contributed by atoms with van der Waals surface area (Å²) >= 11 is 0. The first-order valence-corrected chi connectivity index (χ1v) is 6.00. The second-order valence-corrected chi connectivity index (χ2v) is 5.10. The molecule has 0 aliphatic carbocycles. The Kier molecular flexibility index (Phi) is 3.29. The predicted octanol–water partition coefficient (Wildman–Crippen LogP) is 1.73. The Hall–Kier alpha value is -0.870. The van der Waals surface area contributed by atoms with Gasteiger partial charge < -0.3 is 0 Å².